The number of hydrogen-bond donors (Lipinski definition) is 1. The lowest BCUT2D eigenvalue weighted by Crippen LogP contribution is -2.58. The van der Waals surface area contributed by atoms with Gasteiger partial charge in [0.05, 0.1) is 24.0 Å². The number of likely N-dealkylation sites (N-methyl/N-ethyl adjacent to an activating group) is 1. The normalized spacial score (nSPS) is 28.9. The minimum atomic E-state index is -1.21. The Morgan fingerprint density at radius 3 is 2.51 bits per heavy atom. The van der Waals surface area contributed by atoms with E-state index < -0.39 is 47.7 Å². The molecule has 0 radical (unpaired) electrons. The van der Waals surface area contributed by atoms with Gasteiger partial charge in [-0.2, -0.15) is 0 Å². The molecule has 3 heterocycles. The van der Waals surface area contributed by atoms with Gasteiger partial charge in [-0.25, -0.2) is 0 Å². The molecule has 5 rings (SSSR count). The lowest BCUT2D eigenvalue weighted by Gasteiger charge is -2.41. The molecule has 2 bridgehead atoms. The van der Waals surface area contributed by atoms with Gasteiger partial charge in [-0.05, 0) is 51.0 Å². The number of likely N-dealkylation sites (tertiary alicyclic amines) is 1. The molecular formula is C38H52BrN3O7. The molecule has 1 aromatic rings. The number of ether oxygens (including phenoxy) is 2. The van der Waals surface area contributed by atoms with E-state index in [0.717, 1.165) is 37.7 Å². The molecular weight excluding hydrogens is 690 g/mol. The number of hydrogen-bond acceptors (Lipinski definition) is 7. The number of fused-ring (bicyclic) bond motifs is 1. The Morgan fingerprint density at radius 2 is 1.86 bits per heavy atom. The van der Waals surface area contributed by atoms with Crippen LogP contribution < -0.4 is 0 Å². The van der Waals surface area contributed by atoms with Crippen LogP contribution in [-0.2, 0) is 28.7 Å². The summed E-state index contributed by atoms with van der Waals surface area (Å²) in [7, 11) is 1.70. The molecule has 268 valence electrons. The van der Waals surface area contributed by atoms with Crippen molar-refractivity contribution in [1.29, 1.82) is 0 Å². The minimum absolute atomic E-state index is 0.0273. The summed E-state index contributed by atoms with van der Waals surface area (Å²) in [5.74, 6) is -3.00. The summed E-state index contributed by atoms with van der Waals surface area (Å²) in [5.41, 5.74) is -0.486. The number of esters is 1. The number of allylic oxidation sites excluding steroid dienone is 1. The summed E-state index contributed by atoms with van der Waals surface area (Å²) in [4.78, 5) is 61.7. The number of carbonyl (C=O) groups is 4. The standard InChI is InChI=1S/C38H52BrN3O7/c1-5-7-20-29(44)40(4)25(3)32(26-16-10-8-11-17-26)48-37(47)30-31-35(45)42(22-14-15-23-43)34(38(31)24-28(39)33(30)49-38)36(46)41(21-6-2)27-18-12-9-13-19-27/h5-6,8,10-11,16-17,25,27-28,30-34,43H,1-2,7,9,12-15,18-24H2,3-4H3/t25-,28?,30-,31+,32+,33-,34-,38+/m0/s1. The Balaban J connectivity index is 1.48. The van der Waals surface area contributed by atoms with Crippen molar-refractivity contribution in [3.05, 3.63) is 61.2 Å². The molecule has 4 fully saturated rings. The monoisotopic (exact) mass is 741 g/mol. The molecule has 1 N–H and O–H groups in total. The summed E-state index contributed by atoms with van der Waals surface area (Å²) < 4.78 is 13.1. The lowest BCUT2D eigenvalue weighted by molar-refractivity contribution is -0.164. The maximum Gasteiger partial charge on any atom is 0.313 e. The van der Waals surface area contributed by atoms with Crippen molar-refractivity contribution in [2.45, 2.75) is 112 Å². The average Bonchev–Trinajstić information content (AvgIpc) is 3.71. The molecule has 1 aliphatic carbocycles. The molecule has 11 heteroatoms. The van der Waals surface area contributed by atoms with Gasteiger partial charge in [0.15, 0.2) is 0 Å². The molecule has 1 spiro atoms. The summed E-state index contributed by atoms with van der Waals surface area (Å²) in [6.07, 6.45) is 9.16. The van der Waals surface area contributed by atoms with Crippen molar-refractivity contribution < 1.29 is 33.8 Å². The van der Waals surface area contributed by atoms with Crippen LogP contribution in [-0.4, -0.2) is 105 Å². The van der Waals surface area contributed by atoms with E-state index in [9.17, 15) is 24.3 Å². The van der Waals surface area contributed by atoms with Crippen molar-refractivity contribution in [3.8, 4) is 0 Å². The zero-order valence-electron chi connectivity index (χ0n) is 28.9. The van der Waals surface area contributed by atoms with Gasteiger partial charge in [-0.15, -0.1) is 13.2 Å². The Labute approximate surface area is 299 Å². The van der Waals surface area contributed by atoms with Crippen LogP contribution in [0.2, 0.25) is 0 Å². The van der Waals surface area contributed by atoms with E-state index in [1.807, 2.05) is 42.2 Å². The van der Waals surface area contributed by atoms with Crippen LogP contribution >= 0.6 is 15.9 Å². The fraction of sp³-hybridized carbons (Fsp3) is 0.632. The van der Waals surface area contributed by atoms with E-state index in [-0.39, 0.29) is 48.2 Å². The second-order valence-electron chi connectivity index (χ2n) is 14.0. The Hall–Kier alpha value is -3.02. The van der Waals surface area contributed by atoms with Gasteiger partial charge in [0.1, 0.15) is 17.7 Å². The molecule has 1 unspecified atom stereocenters. The molecule has 3 aliphatic heterocycles. The van der Waals surface area contributed by atoms with Crippen molar-refractivity contribution in [2.24, 2.45) is 11.8 Å². The zero-order valence-corrected chi connectivity index (χ0v) is 30.5. The fourth-order valence-corrected chi connectivity index (χ4v) is 9.49. The summed E-state index contributed by atoms with van der Waals surface area (Å²) >= 11 is 3.77. The number of alkyl halides is 1. The molecule has 4 aliphatic rings. The molecule has 49 heavy (non-hydrogen) atoms. The number of carbonyl (C=O) groups excluding carboxylic acids is 4. The SMILES string of the molecule is C=CCCC(=O)N(C)[C@@H](C)[C@@H](OC(=O)[C@@H]1[C@H]2O[C@@]3(CC2Br)[C@H](C(=O)N(CC=C)C2CCCCC2)N(CCCCO)C(=O)[C@@H]13)c1ccccc1. The highest BCUT2D eigenvalue weighted by Crippen LogP contribution is 2.60. The number of unbranched alkanes of at least 4 members (excludes halogenated alkanes) is 1. The molecule has 1 saturated carbocycles. The van der Waals surface area contributed by atoms with Crippen LogP contribution in [0.25, 0.3) is 0 Å². The predicted octanol–water partition coefficient (Wildman–Crippen LogP) is 4.95. The lowest BCUT2D eigenvalue weighted by atomic mass is 9.70. The van der Waals surface area contributed by atoms with E-state index in [0.29, 0.717) is 32.2 Å². The van der Waals surface area contributed by atoms with Gasteiger partial charge in [0, 0.05) is 44.0 Å². The number of aliphatic hydroxyl groups excluding tert-OH is 1. The largest absolute Gasteiger partial charge is 0.455 e. The maximum absolute atomic E-state index is 14.8. The van der Waals surface area contributed by atoms with Crippen LogP contribution in [0.5, 0.6) is 0 Å². The van der Waals surface area contributed by atoms with Gasteiger partial charge >= 0.3 is 5.97 Å². The van der Waals surface area contributed by atoms with Gasteiger partial charge in [-0.1, -0.05) is 77.7 Å². The third-order valence-electron chi connectivity index (χ3n) is 11.1. The third kappa shape index (κ3) is 7.26. The van der Waals surface area contributed by atoms with E-state index in [1.54, 1.807) is 29.0 Å². The molecule has 3 saturated heterocycles. The fourth-order valence-electron chi connectivity index (χ4n) is 8.54. The second kappa shape index (κ2) is 16.3. The maximum atomic E-state index is 14.8. The highest BCUT2D eigenvalue weighted by atomic mass is 79.9. The minimum Gasteiger partial charge on any atom is -0.455 e. The Bertz CT molecular complexity index is 1370. The molecule has 8 atom stereocenters. The molecule has 1 aromatic carbocycles. The van der Waals surface area contributed by atoms with Gasteiger partial charge in [0.2, 0.25) is 17.7 Å². The summed E-state index contributed by atoms with van der Waals surface area (Å²) in [6, 6.07) is 7.93. The first kappa shape index (κ1) is 37.2. The highest BCUT2D eigenvalue weighted by molar-refractivity contribution is 9.09. The van der Waals surface area contributed by atoms with Crippen molar-refractivity contribution in [3.63, 3.8) is 0 Å². The van der Waals surface area contributed by atoms with Gasteiger partial charge < -0.3 is 29.3 Å². The van der Waals surface area contributed by atoms with E-state index in [2.05, 4.69) is 29.1 Å². The average molecular weight is 743 g/mol. The molecule has 0 aromatic heterocycles. The number of nitrogens with zero attached hydrogens (tertiary/aromatic N) is 3. The second-order valence-corrected chi connectivity index (χ2v) is 15.2. The molecule has 10 nitrogen and oxygen atoms in total. The zero-order chi connectivity index (χ0) is 35.3. The van der Waals surface area contributed by atoms with Crippen LogP contribution in [0.1, 0.15) is 82.8 Å². The smallest absolute Gasteiger partial charge is 0.313 e. The Morgan fingerprint density at radius 1 is 1.14 bits per heavy atom. The van der Waals surface area contributed by atoms with Gasteiger partial charge in [-0.3, -0.25) is 19.2 Å². The number of halogens is 1. The number of benzene rings is 1. The van der Waals surface area contributed by atoms with Crippen LogP contribution in [0.3, 0.4) is 0 Å². The predicted molar refractivity (Wildman–Crippen MR) is 189 cm³/mol. The number of amides is 3. The van der Waals surface area contributed by atoms with Crippen LogP contribution in [0.15, 0.2) is 55.6 Å². The quantitative estimate of drug-likeness (QED) is 0.110. The number of aliphatic hydroxyl groups is 1. The first-order valence-electron chi connectivity index (χ1n) is 17.9. The van der Waals surface area contributed by atoms with Crippen molar-refractivity contribution >= 4 is 39.6 Å². The third-order valence-corrected chi connectivity index (χ3v) is 11.9. The topological polar surface area (TPSA) is 117 Å². The highest BCUT2D eigenvalue weighted by Gasteiger charge is 2.77. The Kier molecular flexibility index (Phi) is 12.4. The van der Waals surface area contributed by atoms with Crippen molar-refractivity contribution in [2.75, 3.05) is 26.7 Å². The summed E-state index contributed by atoms with van der Waals surface area (Å²) in [5, 5.41) is 9.55. The van der Waals surface area contributed by atoms with E-state index in [1.165, 1.54) is 0 Å². The first-order chi connectivity index (χ1) is 23.6. The van der Waals surface area contributed by atoms with Gasteiger partial charge in [0.25, 0.3) is 0 Å². The van der Waals surface area contributed by atoms with Crippen LogP contribution in [0, 0.1) is 11.8 Å². The summed E-state index contributed by atoms with van der Waals surface area (Å²) in [6.45, 7) is 10.1. The molecule has 3 amide bonds. The van der Waals surface area contributed by atoms with E-state index >= 15 is 0 Å². The van der Waals surface area contributed by atoms with Crippen LogP contribution in [0.4, 0.5) is 0 Å². The first-order valence-corrected chi connectivity index (χ1v) is 18.8. The number of rotatable bonds is 16. The van der Waals surface area contributed by atoms with Crippen molar-refractivity contribution in [1.82, 2.24) is 14.7 Å². The van der Waals surface area contributed by atoms with E-state index in [4.69, 9.17) is 9.47 Å².